The number of benzene rings is 1. The van der Waals surface area contributed by atoms with E-state index in [2.05, 4.69) is 15.6 Å². The Labute approximate surface area is 147 Å². The number of phenols is 1. The van der Waals surface area contributed by atoms with Crippen LogP contribution in [0.4, 0.5) is 11.5 Å². The van der Waals surface area contributed by atoms with Gasteiger partial charge in [0.2, 0.25) is 5.91 Å². The highest BCUT2D eigenvalue weighted by Crippen LogP contribution is 2.31. The first-order chi connectivity index (χ1) is 11.4. The SMILES string of the molecule is O=C(Nc1ccnc(NC(=O)C2CC2)c1)c1c(O)cc(Cl)cc1Cl. The summed E-state index contributed by atoms with van der Waals surface area (Å²) in [6.07, 6.45) is 3.23. The Kier molecular flexibility index (Phi) is 4.59. The molecule has 0 saturated heterocycles. The zero-order valence-electron chi connectivity index (χ0n) is 12.3. The zero-order valence-corrected chi connectivity index (χ0v) is 13.9. The van der Waals surface area contributed by atoms with Crippen LogP contribution in [0.1, 0.15) is 23.2 Å². The Morgan fingerprint density at radius 3 is 2.58 bits per heavy atom. The van der Waals surface area contributed by atoms with Crippen molar-refractivity contribution in [1.29, 1.82) is 0 Å². The molecular weight excluding hydrogens is 353 g/mol. The van der Waals surface area contributed by atoms with E-state index in [0.717, 1.165) is 12.8 Å². The number of hydrogen-bond donors (Lipinski definition) is 3. The smallest absolute Gasteiger partial charge is 0.260 e. The minimum atomic E-state index is -0.597. The van der Waals surface area contributed by atoms with Crippen molar-refractivity contribution in [2.45, 2.75) is 12.8 Å². The molecule has 1 heterocycles. The summed E-state index contributed by atoms with van der Waals surface area (Å²) in [4.78, 5) is 28.1. The molecule has 2 amide bonds. The summed E-state index contributed by atoms with van der Waals surface area (Å²) in [6, 6.07) is 5.69. The first kappa shape index (κ1) is 16.5. The summed E-state index contributed by atoms with van der Waals surface area (Å²) in [5, 5.41) is 15.4. The lowest BCUT2D eigenvalue weighted by Gasteiger charge is -2.10. The van der Waals surface area contributed by atoms with E-state index in [1.807, 2.05) is 0 Å². The normalized spacial score (nSPS) is 13.4. The number of aromatic hydroxyl groups is 1. The van der Waals surface area contributed by atoms with Crippen molar-refractivity contribution < 1.29 is 14.7 Å². The quantitative estimate of drug-likeness (QED) is 0.770. The van der Waals surface area contributed by atoms with Gasteiger partial charge in [-0.2, -0.15) is 0 Å². The van der Waals surface area contributed by atoms with E-state index in [1.54, 1.807) is 6.07 Å². The number of rotatable bonds is 4. The maximum absolute atomic E-state index is 12.3. The Balaban J connectivity index is 1.76. The molecule has 1 aromatic carbocycles. The van der Waals surface area contributed by atoms with Gasteiger partial charge in [0.05, 0.1) is 5.02 Å². The summed E-state index contributed by atoms with van der Waals surface area (Å²) in [7, 11) is 0. The standard InChI is InChI=1S/C16H13Cl2N3O3/c17-9-5-11(18)14(12(22)6-9)16(24)20-10-3-4-19-13(7-10)21-15(23)8-1-2-8/h3-8,22H,1-2H2,(H2,19,20,21,23,24). The number of carbonyl (C=O) groups is 2. The molecule has 2 aromatic rings. The Morgan fingerprint density at radius 2 is 1.92 bits per heavy atom. The molecule has 0 bridgehead atoms. The van der Waals surface area contributed by atoms with Gasteiger partial charge < -0.3 is 15.7 Å². The van der Waals surface area contributed by atoms with Gasteiger partial charge in [0, 0.05) is 28.9 Å². The Hall–Kier alpha value is -2.31. The van der Waals surface area contributed by atoms with Gasteiger partial charge in [-0.15, -0.1) is 0 Å². The highest BCUT2D eigenvalue weighted by Gasteiger charge is 2.29. The molecule has 6 nitrogen and oxygen atoms in total. The summed E-state index contributed by atoms with van der Waals surface area (Å²) in [5.41, 5.74) is 0.327. The highest BCUT2D eigenvalue weighted by molar-refractivity contribution is 6.37. The van der Waals surface area contributed by atoms with Crippen LogP contribution in [0.2, 0.25) is 10.0 Å². The number of nitrogens with zero attached hydrogens (tertiary/aromatic N) is 1. The second kappa shape index (κ2) is 6.67. The van der Waals surface area contributed by atoms with Crippen molar-refractivity contribution in [3.05, 3.63) is 46.1 Å². The second-order valence-electron chi connectivity index (χ2n) is 5.43. The third-order valence-electron chi connectivity index (χ3n) is 3.48. The van der Waals surface area contributed by atoms with Crippen LogP contribution in [-0.2, 0) is 4.79 Å². The minimum Gasteiger partial charge on any atom is -0.507 e. The van der Waals surface area contributed by atoms with Gasteiger partial charge in [-0.3, -0.25) is 9.59 Å². The number of amides is 2. The highest BCUT2D eigenvalue weighted by atomic mass is 35.5. The molecule has 24 heavy (non-hydrogen) atoms. The molecule has 1 aliphatic rings. The number of hydrogen-bond acceptors (Lipinski definition) is 4. The second-order valence-corrected chi connectivity index (χ2v) is 6.27. The average molecular weight is 366 g/mol. The molecule has 0 radical (unpaired) electrons. The molecule has 124 valence electrons. The molecule has 1 fully saturated rings. The van der Waals surface area contributed by atoms with E-state index < -0.39 is 5.91 Å². The number of phenolic OH excluding ortho intramolecular Hbond substituents is 1. The van der Waals surface area contributed by atoms with E-state index in [1.165, 1.54) is 24.4 Å². The number of aromatic nitrogens is 1. The number of nitrogens with one attached hydrogen (secondary N) is 2. The third-order valence-corrected chi connectivity index (χ3v) is 3.99. The molecule has 8 heteroatoms. The fourth-order valence-electron chi connectivity index (χ4n) is 2.13. The van der Waals surface area contributed by atoms with Gasteiger partial charge in [0.1, 0.15) is 17.1 Å². The van der Waals surface area contributed by atoms with Crippen molar-refractivity contribution in [1.82, 2.24) is 4.98 Å². The van der Waals surface area contributed by atoms with Crippen LogP contribution in [0.25, 0.3) is 0 Å². The number of pyridine rings is 1. The summed E-state index contributed by atoms with van der Waals surface area (Å²) < 4.78 is 0. The van der Waals surface area contributed by atoms with Gasteiger partial charge >= 0.3 is 0 Å². The molecule has 3 rings (SSSR count). The number of anilines is 2. The lowest BCUT2D eigenvalue weighted by Crippen LogP contribution is -2.16. The molecule has 0 unspecified atom stereocenters. The van der Waals surface area contributed by atoms with Gasteiger partial charge in [0.15, 0.2) is 0 Å². The van der Waals surface area contributed by atoms with Crippen LogP contribution in [0.15, 0.2) is 30.5 Å². The molecule has 0 spiro atoms. The van der Waals surface area contributed by atoms with E-state index in [9.17, 15) is 14.7 Å². The van der Waals surface area contributed by atoms with Gasteiger partial charge in [-0.25, -0.2) is 4.98 Å². The molecule has 1 saturated carbocycles. The Bertz CT molecular complexity index is 799. The largest absolute Gasteiger partial charge is 0.507 e. The fourth-order valence-corrected chi connectivity index (χ4v) is 2.70. The molecule has 1 aromatic heterocycles. The number of carbonyl (C=O) groups excluding carboxylic acids is 2. The third kappa shape index (κ3) is 3.77. The summed E-state index contributed by atoms with van der Waals surface area (Å²) in [5.74, 6) is -0.600. The van der Waals surface area contributed by atoms with Crippen LogP contribution in [0, 0.1) is 5.92 Å². The maximum Gasteiger partial charge on any atom is 0.260 e. The van der Waals surface area contributed by atoms with Gasteiger partial charge in [-0.05, 0) is 31.0 Å². The van der Waals surface area contributed by atoms with Gasteiger partial charge in [0.25, 0.3) is 5.91 Å². The first-order valence-corrected chi connectivity index (χ1v) is 7.96. The molecular formula is C16H13Cl2N3O3. The van der Waals surface area contributed by atoms with Crippen LogP contribution in [-0.4, -0.2) is 21.9 Å². The number of halogens is 2. The monoisotopic (exact) mass is 365 g/mol. The van der Waals surface area contributed by atoms with E-state index in [4.69, 9.17) is 23.2 Å². The van der Waals surface area contributed by atoms with E-state index >= 15 is 0 Å². The van der Waals surface area contributed by atoms with Crippen LogP contribution < -0.4 is 10.6 Å². The topological polar surface area (TPSA) is 91.3 Å². The van der Waals surface area contributed by atoms with E-state index in [-0.39, 0.29) is 33.2 Å². The van der Waals surface area contributed by atoms with Crippen molar-refractivity contribution >= 4 is 46.5 Å². The van der Waals surface area contributed by atoms with Crippen molar-refractivity contribution in [2.75, 3.05) is 10.6 Å². The maximum atomic E-state index is 12.3. The minimum absolute atomic E-state index is 0.0359. The van der Waals surface area contributed by atoms with Gasteiger partial charge in [-0.1, -0.05) is 23.2 Å². The average Bonchev–Trinajstić information content (AvgIpc) is 3.30. The van der Waals surface area contributed by atoms with E-state index in [0.29, 0.717) is 11.5 Å². The van der Waals surface area contributed by atoms with Crippen LogP contribution in [0.3, 0.4) is 0 Å². The molecule has 0 atom stereocenters. The first-order valence-electron chi connectivity index (χ1n) is 7.20. The Morgan fingerprint density at radius 1 is 1.17 bits per heavy atom. The lowest BCUT2D eigenvalue weighted by molar-refractivity contribution is -0.117. The predicted molar refractivity (Wildman–Crippen MR) is 91.7 cm³/mol. The molecule has 1 aliphatic carbocycles. The van der Waals surface area contributed by atoms with Crippen molar-refractivity contribution in [2.24, 2.45) is 5.92 Å². The summed E-state index contributed by atoms with van der Waals surface area (Å²) in [6.45, 7) is 0. The molecule has 0 aliphatic heterocycles. The summed E-state index contributed by atoms with van der Waals surface area (Å²) >= 11 is 11.7. The lowest BCUT2D eigenvalue weighted by atomic mass is 10.2. The fraction of sp³-hybridized carbons (Fsp3) is 0.188. The van der Waals surface area contributed by atoms with Crippen molar-refractivity contribution in [3.8, 4) is 5.75 Å². The van der Waals surface area contributed by atoms with Crippen molar-refractivity contribution in [3.63, 3.8) is 0 Å². The van der Waals surface area contributed by atoms with Crippen LogP contribution in [0.5, 0.6) is 5.75 Å². The molecule has 3 N–H and O–H groups in total. The predicted octanol–water partition coefficient (Wildman–Crippen LogP) is 3.69. The van der Waals surface area contributed by atoms with Crippen LogP contribution >= 0.6 is 23.2 Å². The zero-order chi connectivity index (χ0) is 17.3.